The second kappa shape index (κ2) is 6.77. The van der Waals surface area contributed by atoms with Crippen LogP contribution in [-0.2, 0) is 16.1 Å². The number of imide groups is 2. The minimum Gasteiger partial charge on any atom is -0.386 e. The maximum absolute atomic E-state index is 13.0. The van der Waals surface area contributed by atoms with Crippen LogP contribution in [0.1, 0.15) is 46.0 Å². The number of nitrogens with zero attached hydrogens (tertiary/aromatic N) is 1. The lowest BCUT2D eigenvalue weighted by Crippen LogP contribution is -2.68. The maximum Gasteiger partial charge on any atom is 0.262 e. The molecule has 0 radical (unpaired) electrons. The lowest BCUT2D eigenvalue weighted by molar-refractivity contribution is -0.136. The summed E-state index contributed by atoms with van der Waals surface area (Å²) in [4.78, 5) is 50.3. The monoisotopic (exact) mass is 386 g/mol. The predicted octanol–water partition coefficient (Wildman–Crippen LogP) is -1.10. The van der Waals surface area contributed by atoms with E-state index in [4.69, 9.17) is 0 Å². The average Bonchev–Trinajstić information content (AvgIpc) is 2.89. The molecule has 0 saturated carbocycles. The normalized spacial score (nSPS) is 24.6. The summed E-state index contributed by atoms with van der Waals surface area (Å²) in [5, 5.41) is 18.8. The van der Waals surface area contributed by atoms with Gasteiger partial charge in [-0.05, 0) is 25.0 Å². The molecule has 0 aromatic heterocycles. The van der Waals surface area contributed by atoms with Crippen molar-refractivity contribution in [3.63, 3.8) is 0 Å². The second-order valence-electron chi connectivity index (χ2n) is 7.60. The van der Waals surface area contributed by atoms with E-state index in [0.29, 0.717) is 25.2 Å². The molecule has 2 saturated heterocycles. The van der Waals surface area contributed by atoms with Gasteiger partial charge in [0.15, 0.2) is 0 Å². The highest BCUT2D eigenvalue weighted by molar-refractivity contribution is 6.24. The summed E-state index contributed by atoms with van der Waals surface area (Å²) in [6.07, 6.45) is 0.211. The number of nitrogens with one attached hydrogen (secondary N) is 3. The van der Waals surface area contributed by atoms with Gasteiger partial charge in [-0.25, -0.2) is 0 Å². The average molecular weight is 386 g/mol. The fourth-order valence-electron chi connectivity index (χ4n) is 3.87. The van der Waals surface area contributed by atoms with Gasteiger partial charge in [-0.15, -0.1) is 0 Å². The van der Waals surface area contributed by atoms with Crippen LogP contribution in [0, 0.1) is 0 Å². The van der Waals surface area contributed by atoms with E-state index in [-0.39, 0.29) is 30.0 Å². The number of carbonyl (C=O) groups is 4. The molecule has 4 rings (SSSR count). The number of carbonyl (C=O) groups excluding carboxylic acids is 4. The molecule has 9 nitrogen and oxygen atoms in total. The molecule has 1 aromatic carbocycles. The number of hydrogen-bond donors (Lipinski definition) is 4. The SMILES string of the molecule is CC(NCc1cccc2c1C(=O)N(C1CCC(=O)NC1=O)C2=O)C1(O)CNC1. The standard InChI is InChI=1S/C19H22N4O5/c1-10(19(28)8-20-9-19)21-7-11-3-2-4-12-15(11)18(27)23(17(12)26)13-5-6-14(24)22-16(13)25/h2-4,10,13,20-21,28H,5-9H2,1H3,(H,22,24,25). The van der Waals surface area contributed by atoms with E-state index in [1.165, 1.54) is 0 Å². The Morgan fingerprint density at radius 3 is 2.64 bits per heavy atom. The minimum absolute atomic E-state index is 0.0857. The van der Waals surface area contributed by atoms with Crippen molar-refractivity contribution < 1.29 is 24.3 Å². The van der Waals surface area contributed by atoms with Gasteiger partial charge in [-0.2, -0.15) is 0 Å². The van der Waals surface area contributed by atoms with Gasteiger partial charge in [0, 0.05) is 32.1 Å². The topological polar surface area (TPSA) is 128 Å². The van der Waals surface area contributed by atoms with Crippen molar-refractivity contribution in [3.05, 3.63) is 34.9 Å². The minimum atomic E-state index is -0.980. The summed E-state index contributed by atoms with van der Waals surface area (Å²) < 4.78 is 0. The van der Waals surface area contributed by atoms with Crippen LogP contribution in [0.4, 0.5) is 0 Å². The van der Waals surface area contributed by atoms with E-state index >= 15 is 0 Å². The first-order valence-electron chi connectivity index (χ1n) is 9.32. The fourth-order valence-corrected chi connectivity index (χ4v) is 3.87. The number of rotatable bonds is 5. The Morgan fingerprint density at radius 1 is 1.25 bits per heavy atom. The highest BCUT2D eigenvalue weighted by Gasteiger charge is 2.45. The number of hydrogen-bond acceptors (Lipinski definition) is 7. The molecule has 9 heteroatoms. The first-order valence-corrected chi connectivity index (χ1v) is 9.32. The van der Waals surface area contributed by atoms with E-state index in [2.05, 4.69) is 16.0 Å². The van der Waals surface area contributed by atoms with Crippen molar-refractivity contribution in [1.82, 2.24) is 20.9 Å². The Kier molecular flexibility index (Phi) is 4.53. The summed E-state index contributed by atoms with van der Waals surface area (Å²) in [6.45, 7) is 3.16. The Hall–Kier alpha value is -2.62. The quantitative estimate of drug-likeness (QED) is 0.473. The highest BCUT2D eigenvalue weighted by Crippen LogP contribution is 2.30. The molecule has 4 amide bonds. The number of aliphatic hydroxyl groups is 1. The van der Waals surface area contributed by atoms with Gasteiger partial charge in [0.25, 0.3) is 11.8 Å². The zero-order chi connectivity index (χ0) is 20.1. The molecule has 148 valence electrons. The molecule has 4 N–H and O–H groups in total. The fraction of sp³-hybridized carbons (Fsp3) is 0.474. The number of β-amino-alcohol motifs (C(OH)–C–C–N with tert-alkyl or cyclic N) is 1. The van der Waals surface area contributed by atoms with E-state index in [9.17, 15) is 24.3 Å². The van der Waals surface area contributed by atoms with Crippen LogP contribution in [0.15, 0.2) is 18.2 Å². The Morgan fingerprint density at radius 2 is 2.00 bits per heavy atom. The number of amides is 4. The third-order valence-corrected chi connectivity index (χ3v) is 5.82. The summed E-state index contributed by atoms with van der Waals surface area (Å²) in [7, 11) is 0. The van der Waals surface area contributed by atoms with E-state index in [0.717, 1.165) is 4.90 Å². The molecule has 2 fully saturated rings. The van der Waals surface area contributed by atoms with Crippen LogP contribution in [0.3, 0.4) is 0 Å². The molecule has 0 aliphatic carbocycles. The van der Waals surface area contributed by atoms with Gasteiger partial charge in [-0.3, -0.25) is 29.4 Å². The Bertz CT molecular complexity index is 879. The number of piperidine rings is 1. The zero-order valence-corrected chi connectivity index (χ0v) is 15.4. The highest BCUT2D eigenvalue weighted by atomic mass is 16.3. The van der Waals surface area contributed by atoms with Gasteiger partial charge in [0.1, 0.15) is 11.6 Å². The summed E-state index contributed by atoms with van der Waals surface area (Å²) in [5.74, 6) is -2.08. The van der Waals surface area contributed by atoms with Crippen LogP contribution in [0.25, 0.3) is 0 Å². The second-order valence-corrected chi connectivity index (χ2v) is 7.60. The molecule has 0 bridgehead atoms. The van der Waals surface area contributed by atoms with Crippen molar-refractivity contribution in [1.29, 1.82) is 0 Å². The van der Waals surface area contributed by atoms with Crippen molar-refractivity contribution >= 4 is 23.6 Å². The molecule has 3 aliphatic rings. The smallest absolute Gasteiger partial charge is 0.262 e. The van der Waals surface area contributed by atoms with Gasteiger partial charge in [0.2, 0.25) is 11.8 Å². The maximum atomic E-state index is 13.0. The third-order valence-electron chi connectivity index (χ3n) is 5.82. The molecular formula is C19H22N4O5. The zero-order valence-electron chi connectivity index (χ0n) is 15.4. The van der Waals surface area contributed by atoms with Crippen molar-refractivity contribution in [2.24, 2.45) is 0 Å². The van der Waals surface area contributed by atoms with Crippen LogP contribution in [-0.4, -0.2) is 64.4 Å². The van der Waals surface area contributed by atoms with Crippen LogP contribution in [0.5, 0.6) is 0 Å². The van der Waals surface area contributed by atoms with Crippen molar-refractivity contribution in [2.75, 3.05) is 13.1 Å². The van der Waals surface area contributed by atoms with Crippen molar-refractivity contribution in [2.45, 2.75) is 44.0 Å². The lowest BCUT2D eigenvalue weighted by Gasteiger charge is -2.42. The molecule has 2 unspecified atom stereocenters. The van der Waals surface area contributed by atoms with E-state index in [1.807, 2.05) is 6.92 Å². The van der Waals surface area contributed by atoms with Gasteiger partial charge in [0.05, 0.1) is 11.1 Å². The summed E-state index contributed by atoms with van der Waals surface area (Å²) in [5.41, 5.74) is 0.325. The van der Waals surface area contributed by atoms with Gasteiger partial charge < -0.3 is 15.7 Å². The first-order chi connectivity index (χ1) is 13.3. The third kappa shape index (κ3) is 2.92. The van der Waals surface area contributed by atoms with E-state index in [1.54, 1.807) is 18.2 Å². The van der Waals surface area contributed by atoms with E-state index < -0.39 is 35.3 Å². The molecular weight excluding hydrogens is 364 g/mol. The Labute approximate surface area is 161 Å². The van der Waals surface area contributed by atoms with Crippen molar-refractivity contribution in [3.8, 4) is 0 Å². The molecule has 3 heterocycles. The van der Waals surface area contributed by atoms with Crippen LogP contribution >= 0.6 is 0 Å². The molecule has 28 heavy (non-hydrogen) atoms. The van der Waals surface area contributed by atoms with Crippen LogP contribution < -0.4 is 16.0 Å². The molecule has 0 spiro atoms. The molecule has 3 aliphatic heterocycles. The number of fused-ring (bicyclic) bond motifs is 1. The summed E-state index contributed by atoms with van der Waals surface area (Å²) in [6, 6.07) is 3.83. The predicted molar refractivity (Wildman–Crippen MR) is 97.2 cm³/mol. The number of benzene rings is 1. The molecule has 2 atom stereocenters. The first kappa shape index (κ1) is 18.7. The van der Waals surface area contributed by atoms with Crippen LogP contribution in [0.2, 0.25) is 0 Å². The van der Waals surface area contributed by atoms with Gasteiger partial charge in [-0.1, -0.05) is 12.1 Å². The lowest BCUT2D eigenvalue weighted by atomic mass is 9.89. The largest absolute Gasteiger partial charge is 0.386 e. The Balaban J connectivity index is 1.56. The molecule has 1 aromatic rings. The van der Waals surface area contributed by atoms with Gasteiger partial charge >= 0.3 is 0 Å². The summed E-state index contributed by atoms with van der Waals surface area (Å²) >= 11 is 0.